The number of hydrogen-bond acceptors (Lipinski definition) is 12. The molecule has 0 spiro atoms. The van der Waals surface area contributed by atoms with Crippen molar-refractivity contribution in [2.75, 3.05) is 61.9 Å². The van der Waals surface area contributed by atoms with Gasteiger partial charge in [-0.15, -0.1) is 11.8 Å². The lowest BCUT2D eigenvalue weighted by atomic mass is 9.84. The molecule has 3 atom stereocenters. The highest BCUT2D eigenvalue weighted by Crippen LogP contribution is 2.39. The fourth-order valence-electron chi connectivity index (χ4n) is 8.14. The van der Waals surface area contributed by atoms with Crippen LogP contribution >= 0.6 is 23.4 Å². The topological polar surface area (TPSA) is 166 Å². The first-order valence-corrected chi connectivity index (χ1v) is 25.6. The molecule has 352 valence electrons. The second-order valence-corrected chi connectivity index (χ2v) is 21.3. The summed E-state index contributed by atoms with van der Waals surface area (Å²) in [5.74, 6) is -0.793. The highest BCUT2D eigenvalue weighted by molar-refractivity contribution is 7.99. The molecule has 0 aromatic heterocycles. The molecule has 2 fully saturated rings. The number of halogens is 4. The molecule has 5 aromatic rings. The summed E-state index contributed by atoms with van der Waals surface area (Å²) in [6.07, 6.45) is 0.585. The van der Waals surface area contributed by atoms with Crippen LogP contribution in [-0.4, -0.2) is 107 Å². The molecule has 12 nitrogen and oxygen atoms in total. The van der Waals surface area contributed by atoms with E-state index in [4.69, 9.17) is 16.3 Å². The lowest BCUT2D eigenvalue weighted by Gasteiger charge is -2.36. The molecule has 19 heteroatoms. The van der Waals surface area contributed by atoms with E-state index in [1.807, 2.05) is 88.5 Å². The fraction of sp³-hybridized carbons (Fsp3) is 0.340. The zero-order chi connectivity index (χ0) is 47.1. The van der Waals surface area contributed by atoms with E-state index in [0.717, 1.165) is 39.4 Å². The van der Waals surface area contributed by atoms with Crippen LogP contribution in [0.2, 0.25) is 5.02 Å². The predicted octanol–water partition coefficient (Wildman–Crippen LogP) is 8.03. The van der Waals surface area contributed by atoms with E-state index in [9.17, 15) is 45.0 Å². The average molecular weight is 988 g/mol. The molecule has 0 aliphatic carbocycles. The van der Waals surface area contributed by atoms with Gasteiger partial charge in [-0.1, -0.05) is 66.2 Å². The third-order valence-electron chi connectivity index (χ3n) is 11.8. The van der Waals surface area contributed by atoms with E-state index in [1.165, 1.54) is 23.9 Å². The van der Waals surface area contributed by atoms with Crippen LogP contribution in [0.3, 0.4) is 0 Å². The second kappa shape index (κ2) is 21.5. The minimum Gasteiger partial charge on any atom is -0.394 e. The number of sulfonamides is 1. The third kappa shape index (κ3) is 12.1. The number of aliphatic hydroxyl groups excluding tert-OH is 2. The molecular formula is C47H50ClF3N4O8S3. The number of carbonyl (C=O) groups is 1. The SMILES string of the molecule is O=C(NS(=O)(=O)c1ccc(NC(CCN2CCOC(CO)C2)CSc2ccccc2)c(S(=O)(=O)C(F)(F)F)c1)c1ccc(N2CCC([C@@H](O)c3ccccc3-c3ccc(Cl)cc3)CC2)cc1. The Kier molecular flexibility index (Phi) is 16.1. The number of piperidine rings is 1. The molecule has 5 aromatic carbocycles. The normalized spacial score (nSPS) is 17.5. The summed E-state index contributed by atoms with van der Waals surface area (Å²) in [4.78, 5) is 16.2. The molecule has 2 aliphatic heterocycles. The van der Waals surface area contributed by atoms with Crippen molar-refractivity contribution < 1.29 is 49.8 Å². The van der Waals surface area contributed by atoms with Crippen molar-refractivity contribution in [1.29, 1.82) is 0 Å². The first-order valence-electron chi connectivity index (χ1n) is 21.3. The maximum atomic E-state index is 14.2. The first-order chi connectivity index (χ1) is 31.5. The van der Waals surface area contributed by atoms with Gasteiger partial charge in [0.05, 0.1) is 36.0 Å². The van der Waals surface area contributed by atoms with Gasteiger partial charge in [-0.25, -0.2) is 21.6 Å². The average Bonchev–Trinajstić information content (AvgIpc) is 3.32. The summed E-state index contributed by atoms with van der Waals surface area (Å²) < 4.78 is 103. The van der Waals surface area contributed by atoms with E-state index in [1.54, 1.807) is 12.1 Å². The van der Waals surface area contributed by atoms with Crippen molar-refractivity contribution in [1.82, 2.24) is 9.62 Å². The van der Waals surface area contributed by atoms with Crippen LogP contribution in [0.1, 0.15) is 41.3 Å². The van der Waals surface area contributed by atoms with Crippen LogP contribution < -0.4 is 14.9 Å². The summed E-state index contributed by atoms with van der Waals surface area (Å²) in [7, 11) is -11.0. The number of anilines is 2. The largest absolute Gasteiger partial charge is 0.501 e. The highest BCUT2D eigenvalue weighted by Gasteiger charge is 2.48. The van der Waals surface area contributed by atoms with Crippen molar-refractivity contribution in [2.45, 2.75) is 57.7 Å². The molecule has 2 aliphatic rings. The number of sulfone groups is 1. The lowest BCUT2D eigenvalue weighted by Crippen LogP contribution is -2.45. The predicted molar refractivity (Wildman–Crippen MR) is 250 cm³/mol. The number of hydrogen-bond donors (Lipinski definition) is 4. The molecule has 2 heterocycles. The fourth-order valence-corrected chi connectivity index (χ4v) is 11.3. The first kappa shape index (κ1) is 49.3. The Morgan fingerprint density at radius 1 is 0.879 bits per heavy atom. The van der Waals surface area contributed by atoms with Gasteiger partial charge in [-0.05, 0) is 109 Å². The third-order valence-corrected chi connectivity index (χ3v) is 16.1. The summed E-state index contributed by atoms with van der Waals surface area (Å²) in [6.45, 7) is 2.83. The second-order valence-electron chi connectivity index (χ2n) is 16.2. The van der Waals surface area contributed by atoms with Crippen LogP contribution in [0.4, 0.5) is 24.5 Å². The van der Waals surface area contributed by atoms with Gasteiger partial charge in [-0.2, -0.15) is 13.2 Å². The quantitative estimate of drug-likeness (QED) is 0.0665. The number of thioether (sulfide) groups is 1. The molecule has 0 radical (unpaired) electrons. The minimum atomic E-state index is -6.11. The van der Waals surface area contributed by atoms with E-state index >= 15 is 0 Å². The van der Waals surface area contributed by atoms with Crippen molar-refractivity contribution in [3.8, 4) is 11.1 Å². The van der Waals surface area contributed by atoms with Gasteiger partial charge in [0.2, 0.25) is 0 Å². The Hall–Kier alpha value is -4.66. The Bertz CT molecular complexity index is 2660. The summed E-state index contributed by atoms with van der Waals surface area (Å²) in [5.41, 5.74) is -2.84. The Morgan fingerprint density at radius 2 is 1.56 bits per heavy atom. The number of nitrogens with one attached hydrogen (secondary N) is 2. The molecule has 7 rings (SSSR count). The van der Waals surface area contributed by atoms with E-state index in [0.29, 0.717) is 75.4 Å². The molecule has 2 unspecified atom stereocenters. The van der Waals surface area contributed by atoms with Crippen LogP contribution in [0.5, 0.6) is 0 Å². The number of amides is 1. The Labute approximate surface area is 392 Å². The van der Waals surface area contributed by atoms with Crippen molar-refractivity contribution in [3.63, 3.8) is 0 Å². The van der Waals surface area contributed by atoms with Crippen molar-refractivity contribution in [3.05, 3.63) is 137 Å². The molecule has 0 bridgehead atoms. The van der Waals surface area contributed by atoms with Crippen LogP contribution in [0, 0.1) is 5.92 Å². The maximum absolute atomic E-state index is 14.2. The van der Waals surface area contributed by atoms with E-state index in [2.05, 4.69) is 10.2 Å². The minimum absolute atomic E-state index is 0.0249. The van der Waals surface area contributed by atoms with E-state index < -0.39 is 65.0 Å². The van der Waals surface area contributed by atoms with Crippen LogP contribution in [-0.2, 0) is 24.6 Å². The number of morpholine rings is 1. The van der Waals surface area contributed by atoms with Gasteiger partial charge in [-0.3, -0.25) is 9.69 Å². The molecular weight excluding hydrogens is 937 g/mol. The number of carbonyl (C=O) groups excluding carboxylic acids is 1. The van der Waals surface area contributed by atoms with Gasteiger partial charge in [0.1, 0.15) is 4.90 Å². The zero-order valence-electron chi connectivity index (χ0n) is 35.6. The summed E-state index contributed by atoms with van der Waals surface area (Å²) in [5, 5.41) is 24.7. The van der Waals surface area contributed by atoms with Crippen molar-refractivity contribution >= 4 is 60.5 Å². The van der Waals surface area contributed by atoms with Crippen LogP contribution in [0.15, 0.2) is 136 Å². The maximum Gasteiger partial charge on any atom is 0.501 e. The Morgan fingerprint density at radius 3 is 2.24 bits per heavy atom. The number of benzene rings is 5. The van der Waals surface area contributed by atoms with Crippen LogP contribution in [0.25, 0.3) is 11.1 Å². The van der Waals surface area contributed by atoms with Gasteiger partial charge >= 0.3 is 5.51 Å². The highest BCUT2D eigenvalue weighted by atomic mass is 35.5. The van der Waals surface area contributed by atoms with Gasteiger partial charge in [0.15, 0.2) is 0 Å². The van der Waals surface area contributed by atoms with Gasteiger partial charge < -0.3 is 25.2 Å². The number of ether oxygens (including phenoxy) is 1. The monoisotopic (exact) mass is 986 g/mol. The molecule has 4 N–H and O–H groups in total. The number of alkyl halides is 3. The Balaban J connectivity index is 1.03. The number of rotatable bonds is 17. The van der Waals surface area contributed by atoms with Gasteiger partial charge in [0, 0.05) is 65.7 Å². The van der Waals surface area contributed by atoms with Crippen molar-refractivity contribution in [2.24, 2.45) is 5.92 Å². The summed E-state index contributed by atoms with van der Waals surface area (Å²) in [6, 6.07) is 32.3. The van der Waals surface area contributed by atoms with Gasteiger partial charge in [0.25, 0.3) is 25.8 Å². The standard InChI is InChI=1S/C47H50ClF3N4O8S3/c48-35-14-10-32(11-15-35)41-8-4-5-9-42(41)45(57)33-20-24-55(25-21-33)37-16-12-34(13-17-37)46(58)53-66(61,62)40-18-19-43(44(28-40)65(59,60)47(49,50)51)52-36(31-64-39-6-2-1-3-7-39)22-23-54-26-27-63-38(29-54)30-56/h1-19,28,33,36,38,45,52,56-57H,20-27,29-31H2,(H,53,58)/t36?,38?,45-/m1/s1. The molecule has 2 saturated heterocycles. The lowest BCUT2D eigenvalue weighted by molar-refractivity contribution is -0.0529. The summed E-state index contributed by atoms with van der Waals surface area (Å²) >= 11 is 7.50. The molecule has 66 heavy (non-hydrogen) atoms. The smallest absolute Gasteiger partial charge is 0.394 e. The zero-order valence-corrected chi connectivity index (χ0v) is 38.8. The number of aliphatic hydroxyl groups is 2. The molecule has 1 amide bonds. The van der Waals surface area contributed by atoms with E-state index in [-0.39, 0.29) is 18.1 Å². The number of nitrogens with zero attached hydrogens (tertiary/aromatic N) is 2. The molecule has 0 saturated carbocycles.